The van der Waals surface area contributed by atoms with Crippen LogP contribution in [0.2, 0.25) is 0 Å². The van der Waals surface area contributed by atoms with Gasteiger partial charge < -0.3 is 14.5 Å². The third-order valence-electron chi connectivity index (χ3n) is 4.39. The Labute approximate surface area is 145 Å². The Bertz CT molecular complexity index is 572. The lowest BCUT2D eigenvalue weighted by Crippen LogP contribution is -2.48. The van der Waals surface area contributed by atoms with Crippen molar-refractivity contribution < 1.29 is 9.53 Å². The summed E-state index contributed by atoms with van der Waals surface area (Å²) < 4.78 is 6.28. The predicted molar refractivity (Wildman–Crippen MR) is 91.4 cm³/mol. The Morgan fingerprint density at radius 2 is 2.04 bits per heavy atom. The number of nitrogens with zero attached hydrogens (tertiary/aromatic N) is 4. The highest BCUT2D eigenvalue weighted by Gasteiger charge is 2.42. The van der Waals surface area contributed by atoms with Crippen molar-refractivity contribution in [3.05, 3.63) is 17.0 Å². The molecule has 1 aromatic rings. The van der Waals surface area contributed by atoms with Gasteiger partial charge in [-0.25, -0.2) is 14.8 Å². The van der Waals surface area contributed by atoms with E-state index in [-0.39, 0.29) is 12.1 Å². The molecule has 2 aliphatic rings. The summed E-state index contributed by atoms with van der Waals surface area (Å²) in [5.41, 5.74) is -0.442. The molecule has 1 aromatic heterocycles. The van der Waals surface area contributed by atoms with E-state index in [1.54, 1.807) is 12.4 Å². The topological polar surface area (TPSA) is 58.6 Å². The Hall–Kier alpha value is -1.37. The molecule has 0 aliphatic carbocycles. The third kappa shape index (κ3) is 3.76. The van der Waals surface area contributed by atoms with Gasteiger partial charge in [0, 0.05) is 25.7 Å². The summed E-state index contributed by atoms with van der Waals surface area (Å²) in [6.45, 7) is 8.31. The van der Waals surface area contributed by atoms with Gasteiger partial charge in [-0.2, -0.15) is 0 Å². The maximum Gasteiger partial charge on any atom is 0.410 e. The van der Waals surface area contributed by atoms with E-state index in [1.807, 2.05) is 25.7 Å². The molecule has 0 aromatic carbocycles. The van der Waals surface area contributed by atoms with Crippen LogP contribution in [0.3, 0.4) is 0 Å². The zero-order chi connectivity index (χ0) is 16.6. The molecule has 2 saturated heterocycles. The van der Waals surface area contributed by atoms with Crippen LogP contribution in [0.1, 0.15) is 33.6 Å². The van der Waals surface area contributed by atoms with Gasteiger partial charge in [-0.1, -0.05) is 0 Å². The fourth-order valence-corrected chi connectivity index (χ4v) is 3.61. The molecule has 0 N–H and O–H groups in total. The van der Waals surface area contributed by atoms with Crippen molar-refractivity contribution in [2.24, 2.45) is 5.92 Å². The smallest absolute Gasteiger partial charge is 0.410 e. The van der Waals surface area contributed by atoms with Crippen molar-refractivity contribution in [1.29, 1.82) is 0 Å². The summed E-state index contributed by atoms with van der Waals surface area (Å²) in [7, 11) is 0. The van der Waals surface area contributed by atoms with Crippen molar-refractivity contribution >= 4 is 27.8 Å². The van der Waals surface area contributed by atoms with Gasteiger partial charge in [0.25, 0.3) is 0 Å². The Morgan fingerprint density at radius 1 is 1.26 bits per heavy atom. The molecular weight excluding hydrogens is 360 g/mol. The van der Waals surface area contributed by atoms with Crippen LogP contribution in [0.4, 0.5) is 10.6 Å². The van der Waals surface area contributed by atoms with Crippen LogP contribution in [0.15, 0.2) is 17.0 Å². The van der Waals surface area contributed by atoms with E-state index in [0.717, 1.165) is 42.9 Å². The number of anilines is 1. The van der Waals surface area contributed by atoms with E-state index in [0.29, 0.717) is 5.92 Å². The standard InChI is InChI=1S/C16H23BrN4O2/c1-16(2,3)23-15(22)21-7-4-11-10-20(6-5-12(11)21)14-9-18-13(17)8-19-14/h8-9,11-12H,4-7,10H2,1-3H3/t11-,12+/m1/s1. The number of rotatable bonds is 1. The number of carbonyl (C=O) groups is 1. The zero-order valence-electron chi connectivity index (χ0n) is 13.8. The lowest BCUT2D eigenvalue weighted by Gasteiger charge is -2.38. The van der Waals surface area contributed by atoms with E-state index >= 15 is 0 Å². The molecule has 3 rings (SSSR count). The minimum Gasteiger partial charge on any atom is -0.444 e. The zero-order valence-corrected chi connectivity index (χ0v) is 15.4. The summed E-state index contributed by atoms with van der Waals surface area (Å²) >= 11 is 3.31. The summed E-state index contributed by atoms with van der Waals surface area (Å²) in [4.78, 5) is 25.2. The average molecular weight is 383 g/mol. The predicted octanol–water partition coefficient (Wildman–Crippen LogP) is 3.07. The molecule has 2 aliphatic heterocycles. The van der Waals surface area contributed by atoms with Gasteiger partial charge in [0.2, 0.25) is 0 Å². The maximum atomic E-state index is 12.4. The number of aromatic nitrogens is 2. The van der Waals surface area contributed by atoms with Gasteiger partial charge >= 0.3 is 6.09 Å². The fourth-order valence-electron chi connectivity index (χ4n) is 3.41. The SMILES string of the molecule is CC(C)(C)OC(=O)N1CC[C@@H]2CN(c3cnc(Br)cn3)CC[C@@H]21. The highest BCUT2D eigenvalue weighted by molar-refractivity contribution is 9.10. The van der Waals surface area contributed by atoms with Gasteiger partial charge in [-0.3, -0.25) is 0 Å². The Kier molecular flexibility index (Phi) is 4.49. The quantitative estimate of drug-likeness (QED) is 0.746. The summed E-state index contributed by atoms with van der Waals surface area (Å²) in [5.74, 6) is 1.38. The van der Waals surface area contributed by atoms with E-state index in [2.05, 4.69) is 30.8 Å². The van der Waals surface area contributed by atoms with Crippen LogP contribution >= 0.6 is 15.9 Å². The molecule has 6 nitrogen and oxygen atoms in total. The summed E-state index contributed by atoms with van der Waals surface area (Å²) in [5, 5.41) is 0. The molecule has 0 radical (unpaired) electrons. The van der Waals surface area contributed by atoms with Gasteiger partial charge in [-0.05, 0) is 55.5 Å². The number of amides is 1. The van der Waals surface area contributed by atoms with Crippen molar-refractivity contribution in [2.75, 3.05) is 24.5 Å². The van der Waals surface area contributed by atoms with E-state index < -0.39 is 5.60 Å². The molecule has 3 heterocycles. The molecule has 2 atom stereocenters. The van der Waals surface area contributed by atoms with Crippen molar-refractivity contribution in [3.63, 3.8) is 0 Å². The first kappa shape index (κ1) is 16.5. The highest BCUT2D eigenvalue weighted by Crippen LogP contribution is 2.33. The van der Waals surface area contributed by atoms with Gasteiger partial charge in [0.05, 0.1) is 12.4 Å². The van der Waals surface area contributed by atoms with E-state index in [1.165, 1.54) is 0 Å². The molecule has 23 heavy (non-hydrogen) atoms. The van der Waals surface area contributed by atoms with Crippen molar-refractivity contribution in [1.82, 2.24) is 14.9 Å². The second kappa shape index (κ2) is 6.26. The molecular formula is C16H23BrN4O2. The number of fused-ring (bicyclic) bond motifs is 1. The van der Waals surface area contributed by atoms with Crippen LogP contribution in [-0.2, 0) is 4.74 Å². The van der Waals surface area contributed by atoms with Gasteiger partial charge in [0.1, 0.15) is 16.0 Å². The number of hydrogen-bond donors (Lipinski definition) is 0. The highest BCUT2D eigenvalue weighted by atomic mass is 79.9. The van der Waals surface area contributed by atoms with Gasteiger partial charge in [0.15, 0.2) is 0 Å². The second-order valence-electron chi connectivity index (χ2n) is 7.22. The average Bonchev–Trinajstić information content (AvgIpc) is 2.89. The summed E-state index contributed by atoms with van der Waals surface area (Å²) in [6.07, 6.45) is 5.31. The Morgan fingerprint density at radius 3 is 2.70 bits per heavy atom. The minimum absolute atomic E-state index is 0.179. The van der Waals surface area contributed by atoms with Gasteiger partial charge in [-0.15, -0.1) is 0 Å². The first-order valence-corrected chi connectivity index (χ1v) is 8.85. The lowest BCUT2D eigenvalue weighted by molar-refractivity contribution is 0.0194. The maximum absolute atomic E-state index is 12.4. The first-order valence-electron chi connectivity index (χ1n) is 8.05. The molecule has 2 fully saturated rings. The minimum atomic E-state index is -0.442. The lowest BCUT2D eigenvalue weighted by atomic mass is 9.93. The van der Waals surface area contributed by atoms with Crippen LogP contribution < -0.4 is 4.90 Å². The first-order chi connectivity index (χ1) is 10.8. The number of ether oxygens (including phenoxy) is 1. The second-order valence-corrected chi connectivity index (χ2v) is 8.03. The van der Waals surface area contributed by atoms with Crippen molar-refractivity contribution in [2.45, 2.75) is 45.3 Å². The largest absolute Gasteiger partial charge is 0.444 e. The van der Waals surface area contributed by atoms with Crippen LogP contribution in [0.5, 0.6) is 0 Å². The van der Waals surface area contributed by atoms with E-state index in [9.17, 15) is 4.79 Å². The molecule has 0 spiro atoms. The van der Waals surface area contributed by atoms with E-state index in [4.69, 9.17) is 4.74 Å². The van der Waals surface area contributed by atoms with Crippen LogP contribution in [-0.4, -0.2) is 52.2 Å². The molecule has 7 heteroatoms. The number of likely N-dealkylation sites (tertiary alicyclic amines) is 1. The number of hydrogen-bond acceptors (Lipinski definition) is 5. The molecule has 126 valence electrons. The number of piperidine rings is 1. The molecule has 0 unspecified atom stereocenters. The summed E-state index contributed by atoms with van der Waals surface area (Å²) in [6, 6.07) is 0.282. The van der Waals surface area contributed by atoms with Crippen LogP contribution in [0, 0.1) is 5.92 Å². The fraction of sp³-hybridized carbons (Fsp3) is 0.688. The number of carbonyl (C=O) groups excluding carboxylic acids is 1. The van der Waals surface area contributed by atoms with Crippen LogP contribution in [0.25, 0.3) is 0 Å². The Balaban J connectivity index is 1.64. The number of halogens is 1. The molecule has 0 saturated carbocycles. The normalized spacial score (nSPS) is 24.5. The molecule has 0 bridgehead atoms. The monoisotopic (exact) mass is 382 g/mol. The third-order valence-corrected chi connectivity index (χ3v) is 4.80. The van der Waals surface area contributed by atoms with Crippen molar-refractivity contribution in [3.8, 4) is 0 Å². The molecule has 1 amide bonds.